The molecule has 0 atom stereocenters. The molecule has 2 heterocycles. The average Bonchev–Trinajstić information content (AvgIpc) is 2.67. The smallest absolute Gasteiger partial charge is 0.222 e. The van der Waals surface area contributed by atoms with Crippen LogP contribution < -0.4 is 0 Å². The van der Waals surface area contributed by atoms with Crippen molar-refractivity contribution in [2.45, 2.75) is 19.6 Å². The molecule has 3 rings (SSSR count). The molecule has 1 saturated heterocycles. The van der Waals surface area contributed by atoms with Gasteiger partial charge in [-0.05, 0) is 36.6 Å². The number of halogens is 1. The van der Waals surface area contributed by atoms with Crippen LogP contribution in [0.15, 0.2) is 54.7 Å². The Kier molecular flexibility index (Phi) is 6.25. The van der Waals surface area contributed by atoms with Gasteiger partial charge in [-0.25, -0.2) is 0 Å². The van der Waals surface area contributed by atoms with E-state index in [4.69, 9.17) is 21.1 Å². The van der Waals surface area contributed by atoms with E-state index in [9.17, 15) is 0 Å². The first-order valence-electron chi connectivity index (χ1n) is 8.38. The first-order valence-corrected chi connectivity index (χ1v) is 8.76. The van der Waals surface area contributed by atoms with Crippen molar-refractivity contribution in [3.05, 3.63) is 65.3 Å². The minimum atomic E-state index is -0.470. The third kappa shape index (κ3) is 5.17. The lowest BCUT2D eigenvalue weighted by Crippen LogP contribution is -2.30. The summed E-state index contributed by atoms with van der Waals surface area (Å²) in [4.78, 5) is 4.45. The molecule has 1 aliphatic rings. The number of pyridine rings is 1. The van der Waals surface area contributed by atoms with Gasteiger partial charge < -0.3 is 9.47 Å². The van der Waals surface area contributed by atoms with E-state index in [0.29, 0.717) is 24.2 Å². The van der Waals surface area contributed by atoms with Crippen LogP contribution in [-0.2, 0) is 9.47 Å². The molecule has 3 nitrogen and oxygen atoms in total. The maximum atomic E-state index is 5.91. The number of hydrogen-bond donors (Lipinski definition) is 0. The number of benzene rings is 1. The van der Waals surface area contributed by atoms with Gasteiger partial charge in [0.05, 0.1) is 18.9 Å². The van der Waals surface area contributed by atoms with Gasteiger partial charge in [-0.15, -0.1) is 0 Å². The van der Waals surface area contributed by atoms with Crippen molar-refractivity contribution in [3.8, 4) is 23.1 Å². The standard InChI is InChI=1S/C21H20ClNO2/c1-2-3-4-17-14-24-21(25-15-17)12-6-16-5-11-20(23-13-16)18-7-9-19(22)10-8-18/h3-5,7-11,13,17,21H,2,14-15H2,1H3/t17-,21-. The van der Waals surface area contributed by atoms with Crippen LogP contribution in [-0.4, -0.2) is 24.5 Å². The third-order valence-electron chi connectivity index (χ3n) is 3.81. The zero-order valence-electron chi connectivity index (χ0n) is 14.1. The molecule has 25 heavy (non-hydrogen) atoms. The molecular weight excluding hydrogens is 334 g/mol. The van der Waals surface area contributed by atoms with E-state index in [1.807, 2.05) is 36.4 Å². The van der Waals surface area contributed by atoms with Gasteiger partial charge in [0.25, 0.3) is 0 Å². The van der Waals surface area contributed by atoms with E-state index in [-0.39, 0.29) is 0 Å². The van der Waals surface area contributed by atoms with Gasteiger partial charge in [-0.3, -0.25) is 4.98 Å². The van der Waals surface area contributed by atoms with Crippen LogP contribution in [0, 0.1) is 17.8 Å². The molecule has 0 unspecified atom stereocenters. The maximum absolute atomic E-state index is 5.91. The topological polar surface area (TPSA) is 31.4 Å². The van der Waals surface area contributed by atoms with Crippen molar-refractivity contribution >= 4 is 11.6 Å². The van der Waals surface area contributed by atoms with Gasteiger partial charge in [-0.1, -0.05) is 48.7 Å². The SMILES string of the molecule is CCC=C[C@H]1CO[C@H](C#Cc2ccc(-c3ccc(Cl)cc3)nc2)OC1. The Hall–Kier alpha value is -2.12. The first-order chi connectivity index (χ1) is 12.2. The van der Waals surface area contributed by atoms with Gasteiger partial charge in [0, 0.05) is 28.3 Å². The van der Waals surface area contributed by atoms with Gasteiger partial charge in [-0.2, -0.15) is 0 Å². The molecular formula is C21H20ClNO2. The summed E-state index contributed by atoms with van der Waals surface area (Å²) in [6.07, 6.45) is 6.59. The van der Waals surface area contributed by atoms with E-state index in [2.05, 4.69) is 35.9 Å². The van der Waals surface area contributed by atoms with Crippen molar-refractivity contribution in [2.75, 3.05) is 13.2 Å². The van der Waals surface area contributed by atoms with Gasteiger partial charge >= 0.3 is 0 Å². The zero-order valence-corrected chi connectivity index (χ0v) is 14.9. The fourth-order valence-corrected chi connectivity index (χ4v) is 2.57. The van der Waals surface area contributed by atoms with Gasteiger partial charge in [0.1, 0.15) is 0 Å². The first kappa shape index (κ1) is 17.7. The molecule has 1 aliphatic heterocycles. The minimum absolute atomic E-state index is 0.318. The second-order valence-corrected chi connectivity index (χ2v) is 6.24. The monoisotopic (exact) mass is 353 g/mol. The second kappa shape index (κ2) is 8.82. The van der Waals surface area contributed by atoms with E-state index in [1.54, 1.807) is 6.20 Å². The van der Waals surface area contributed by atoms with Crippen LogP contribution in [0.1, 0.15) is 18.9 Å². The Bertz CT molecular complexity index is 764. The van der Waals surface area contributed by atoms with E-state index in [1.165, 1.54) is 0 Å². The third-order valence-corrected chi connectivity index (χ3v) is 4.06. The van der Waals surface area contributed by atoms with E-state index >= 15 is 0 Å². The molecule has 1 aromatic heterocycles. The van der Waals surface area contributed by atoms with Crippen molar-refractivity contribution < 1.29 is 9.47 Å². The van der Waals surface area contributed by atoms with Crippen LogP contribution >= 0.6 is 11.6 Å². The fraction of sp³-hybridized carbons (Fsp3) is 0.286. The molecule has 0 N–H and O–H groups in total. The van der Waals surface area contributed by atoms with Crippen LogP contribution in [0.25, 0.3) is 11.3 Å². The predicted octanol–water partition coefficient (Wildman–Crippen LogP) is 4.71. The number of aromatic nitrogens is 1. The summed E-state index contributed by atoms with van der Waals surface area (Å²) in [5, 5.41) is 0.714. The summed E-state index contributed by atoms with van der Waals surface area (Å²) in [5.41, 5.74) is 2.74. The van der Waals surface area contributed by atoms with E-state index in [0.717, 1.165) is 23.2 Å². The number of hydrogen-bond acceptors (Lipinski definition) is 3. The Balaban J connectivity index is 1.58. The highest BCUT2D eigenvalue weighted by Crippen LogP contribution is 2.19. The highest BCUT2D eigenvalue weighted by atomic mass is 35.5. The van der Waals surface area contributed by atoms with Crippen LogP contribution in [0.2, 0.25) is 5.02 Å². The lowest BCUT2D eigenvalue weighted by atomic mass is 10.1. The lowest BCUT2D eigenvalue weighted by Gasteiger charge is -2.24. The summed E-state index contributed by atoms with van der Waals surface area (Å²) >= 11 is 5.91. The molecule has 1 fully saturated rings. The highest BCUT2D eigenvalue weighted by Gasteiger charge is 2.18. The maximum Gasteiger partial charge on any atom is 0.222 e. The average molecular weight is 354 g/mol. The normalized spacial score (nSPS) is 20.2. The molecule has 0 aliphatic carbocycles. The summed E-state index contributed by atoms with van der Waals surface area (Å²) in [5.74, 6) is 6.38. The Morgan fingerprint density at radius 1 is 1.16 bits per heavy atom. The molecule has 0 radical (unpaired) electrons. The summed E-state index contributed by atoms with van der Waals surface area (Å²) in [6.45, 7) is 3.40. The molecule has 128 valence electrons. The molecule has 0 spiro atoms. The molecule has 0 amide bonds. The molecule has 1 aromatic carbocycles. The van der Waals surface area contributed by atoms with Crippen molar-refractivity contribution in [1.29, 1.82) is 0 Å². The van der Waals surface area contributed by atoms with Gasteiger partial charge in [0.2, 0.25) is 6.29 Å². The quantitative estimate of drug-likeness (QED) is 0.591. The number of allylic oxidation sites excluding steroid dienone is 1. The largest absolute Gasteiger partial charge is 0.341 e. The molecule has 2 aromatic rings. The predicted molar refractivity (Wildman–Crippen MR) is 100 cm³/mol. The zero-order chi connectivity index (χ0) is 17.5. The highest BCUT2D eigenvalue weighted by molar-refractivity contribution is 6.30. The summed E-state index contributed by atoms with van der Waals surface area (Å²) in [7, 11) is 0. The van der Waals surface area contributed by atoms with Crippen molar-refractivity contribution in [2.24, 2.45) is 5.92 Å². The Labute approximate surface area is 153 Å². The second-order valence-electron chi connectivity index (χ2n) is 5.80. The molecule has 4 heteroatoms. The van der Waals surface area contributed by atoms with Crippen molar-refractivity contribution in [1.82, 2.24) is 4.98 Å². The summed E-state index contributed by atoms with van der Waals surface area (Å²) < 4.78 is 11.3. The molecule has 0 saturated carbocycles. The van der Waals surface area contributed by atoms with Crippen LogP contribution in [0.5, 0.6) is 0 Å². The number of nitrogens with zero attached hydrogens (tertiary/aromatic N) is 1. The Morgan fingerprint density at radius 2 is 1.92 bits per heavy atom. The lowest BCUT2D eigenvalue weighted by molar-refractivity contribution is -0.160. The number of ether oxygens (including phenoxy) is 2. The minimum Gasteiger partial charge on any atom is -0.341 e. The van der Waals surface area contributed by atoms with Crippen LogP contribution in [0.3, 0.4) is 0 Å². The van der Waals surface area contributed by atoms with Crippen molar-refractivity contribution in [3.63, 3.8) is 0 Å². The number of rotatable bonds is 3. The fourth-order valence-electron chi connectivity index (χ4n) is 2.44. The van der Waals surface area contributed by atoms with Crippen LogP contribution in [0.4, 0.5) is 0 Å². The molecule has 0 bridgehead atoms. The summed E-state index contributed by atoms with van der Waals surface area (Å²) in [6, 6.07) is 11.5. The van der Waals surface area contributed by atoms with Gasteiger partial charge in [0.15, 0.2) is 0 Å². The Morgan fingerprint density at radius 3 is 2.56 bits per heavy atom. The van der Waals surface area contributed by atoms with E-state index < -0.39 is 6.29 Å².